The fourth-order valence-electron chi connectivity index (χ4n) is 1.92. The molecular weight excluding hydrogens is 320 g/mol. The van der Waals surface area contributed by atoms with Gasteiger partial charge in [-0.15, -0.1) is 23.7 Å². The molecular formula is C12H20BrClN2S. The van der Waals surface area contributed by atoms with Crippen molar-refractivity contribution in [2.24, 2.45) is 0 Å². The third-order valence-electron chi connectivity index (χ3n) is 2.97. The van der Waals surface area contributed by atoms with Gasteiger partial charge in [-0.1, -0.05) is 6.92 Å². The molecule has 98 valence electrons. The summed E-state index contributed by atoms with van der Waals surface area (Å²) in [5.41, 5.74) is 0. The van der Waals surface area contributed by atoms with E-state index in [0.29, 0.717) is 0 Å². The standard InChI is InChI=1S/C12H19BrN2S.ClH/c1-2-15(10-3-4-10)8-7-14-9-11-5-6-12(13)16-11;/h5-6,10,14H,2-4,7-9H2,1H3;1H. The summed E-state index contributed by atoms with van der Waals surface area (Å²) >= 11 is 5.30. The molecule has 0 saturated heterocycles. The van der Waals surface area contributed by atoms with Crippen molar-refractivity contribution in [3.05, 3.63) is 20.8 Å². The first kappa shape index (κ1) is 15.4. The summed E-state index contributed by atoms with van der Waals surface area (Å²) in [5.74, 6) is 0. The molecule has 1 aromatic rings. The lowest BCUT2D eigenvalue weighted by atomic mass is 10.4. The highest BCUT2D eigenvalue weighted by Crippen LogP contribution is 2.26. The van der Waals surface area contributed by atoms with Crippen LogP contribution in [0.3, 0.4) is 0 Å². The van der Waals surface area contributed by atoms with Gasteiger partial charge in [0.15, 0.2) is 0 Å². The fourth-order valence-corrected chi connectivity index (χ4v) is 3.37. The van der Waals surface area contributed by atoms with E-state index in [9.17, 15) is 0 Å². The summed E-state index contributed by atoms with van der Waals surface area (Å²) in [6.45, 7) is 6.73. The maximum Gasteiger partial charge on any atom is 0.0701 e. The Morgan fingerprint density at radius 3 is 2.76 bits per heavy atom. The summed E-state index contributed by atoms with van der Waals surface area (Å²) < 4.78 is 1.22. The van der Waals surface area contributed by atoms with Gasteiger partial charge in [0.25, 0.3) is 0 Å². The molecule has 0 aliphatic heterocycles. The van der Waals surface area contributed by atoms with Crippen LogP contribution in [0.5, 0.6) is 0 Å². The van der Waals surface area contributed by atoms with Crippen molar-refractivity contribution in [2.75, 3.05) is 19.6 Å². The van der Waals surface area contributed by atoms with Gasteiger partial charge >= 0.3 is 0 Å². The number of rotatable bonds is 7. The summed E-state index contributed by atoms with van der Waals surface area (Å²) in [6, 6.07) is 5.19. The quantitative estimate of drug-likeness (QED) is 0.765. The smallest absolute Gasteiger partial charge is 0.0701 e. The second kappa shape index (κ2) is 7.74. The van der Waals surface area contributed by atoms with Crippen molar-refractivity contribution in [2.45, 2.75) is 32.4 Å². The molecule has 1 aliphatic carbocycles. The highest BCUT2D eigenvalue weighted by atomic mass is 79.9. The van der Waals surface area contributed by atoms with Crippen LogP contribution in [0, 0.1) is 0 Å². The number of nitrogens with zero attached hydrogens (tertiary/aromatic N) is 1. The van der Waals surface area contributed by atoms with Crippen LogP contribution in [0.4, 0.5) is 0 Å². The van der Waals surface area contributed by atoms with E-state index >= 15 is 0 Å². The number of hydrogen-bond donors (Lipinski definition) is 1. The lowest BCUT2D eigenvalue weighted by Gasteiger charge is -2.19. The van der Waals surface area contributed by atoms with Crippen LogP contribution in [0.2, 0.25) is 0 Å². The Bertz CT molecular complexity index is 328. The number of halogens is 2. The summed E-state index contributed by atoms with van der Waals surface area (Å²) in [4.78, 5) is 3.98. The maximum absolute atomic E-state index is 3.51. The Balaban J connectivity index is 0.00000144. The molecule has 1 fully saturated rings. The Morgan fingerprint density at radius 1 is 1.47 bits per heavy atom. The van der Waals surface area contributed by atoms with Gasteiger partial charge in [-0.3, -0.25) is 4.90 Å². The Kier molecular flexibility index (Phi) is 7.04. The predicted molar refractivity (Wildman–Crippen MR) is 81.2 cm³/mol. The second-order valence-corrected chi connectivity index (χ2v) is 6.79. The monoisotopic (exact) mass is 338 g/mol. The molecule has 5 heteroatoms. The molecule has 1 saturated carbocycles. The van der Waals surface area contributed by atoms with Crippen LogP contribution in [0.15, 0.2) is 15.9 Å². The fraction of sp³-hybridized carbons (Fsp3) is 0.667. The first-order chi connectivity index (χ1) is 7.79. The Hall–Kier alpha value is 0.390. The maximum atomic E-state index is 3.51. The van der Waals surface area contributed by atoms with Crippen LogP contribution in [-0.2, 0) is 6.54 Å². The van der Waals surface area contributed by atoms with Crippen molar-refractivity contribution in [1.29, 1.82) is 0 Å². The summed E-state index contributed by atoms with van der Waals surface area (Å²) in [5, 5.41) is 3.51. The Morgan fingerprint density at radius 2 is 2.24 bits per heavy atom. The molecule has 1 heterocycles. The van der Waals surface area contributed by atoms with Crippen LogP contribution >= 0.6 is 39.7 Å². The molecule has 0 amide bonds. The lowest BCUT2D eigenvalue weighted by Crippen LogP contribution is -2.33. The van der Waals surface area contributed by atoms with Gasteiger partial charge in [-0.05, 0) is 47.4 Å². The SMILES string of the molecule is CCN(CCNCc1ccc(Br)s1)C1CC1.Cl. The first-order valence-corrected chi connectivity index (χ1v) is 7.59. The molecule has 1 aromatic heterocycles. The van der Waals surface area contributed by atoms with E-state index in [1.165, 1.54) is 34.6 Å². The zero-order valence-electron chi connectivity index (χ0n) is 10.1. The minimum Gasteiger partial charge on any atom is -0.311 e. The average Bonchev–Trinajstić information content (AvgIpc) is 3.03. The Labute approximate surface area is 122 Å². The first-order valence-electron chi connectivity index (χ1n) is 5.98. The van der Waals surface area contributed by atoms with E-state index in [1.807, 2.05) is 11.3 Å². The molecule has 0 unspecified atom stereocenters. The van der Waals surface area contributed by atoms with Gasteiger partial charge in [0.2, 0.25) is 0 Å². The number of likely N-dealkylation sites (N-methyl/N-ethyl adjacent to an activating group) is 1. The highest BCUT2D eigenvalue weighted by molar-refractivity contribution is 9.11. The summed E-state index contributed by atoms with van der Waals surface area (Å²) in [7, 11) is 0. The topological polar surface area (TPSA) is 15.3 Å². The molecule has 17 heavy (non-hydrogen) atoms. The van der Waals surface area contributed by atoms with Crippen molar-refractivity contribution < 1.29 is 0 Å². The third kappa shape index (κ3) is 5.26. The molecule has 1 N–H and O–H groups in total. The second-order valence-electron chi connectivity index (χ2n) is 4.24. The van der Waals surface area contributed by atoms with E-state index in [1.54, 1.807) is 0 Å². The molecule has 0 spiro atoms. The van der Waals surface area contributed by atoms with E-state index in [4.69, 9.17) is 0 Å². The van der Waals surface area contributed by atoms with Gasteiger partial charge in [0.1, 0.15) is 0 Å². The van der Waals surface area contributed by atoms with Crippen molar-refractivity contribution in [3.63, 3.8) is 0 Å². The predicted octanol–water partition coefficient (Wildman–Crippen LogP) is 3.51. The van der Waals surface area contributed by atoms with Crippen molar-refractivity contribution in [3.8, 4) is 0 Å². The molecule has 0 radical (unpaired) electrons. The highest BCUT2D eigenvalue weighted by Gasteiger charge is 2.26. The van der Waals surface area contributed by atoms with Crippen LogP contribution in [0.25, 0.3) is 0 Å². The average molecular weight is 340 g/mol. The number of hydrogen-bond acceptors (Lipinski definition) is 3. The van der Waals surface area contributed by atoms with Crippen LogP contribution in [0.1, 0.15) is 24.6 Å². The van der Waals surface area contributed by atoms with Crippen molar-refractivity contribution >= 4 is 39.7 Å². The van der Waals surface area contributed by atoms with Gasteiger partial charge in [0.05, 0.1) is 3.79 Å². The lowest BCUT2D eigenvalue weighted by molar-refractivity contribution is 0.277. The number of thiophene rings is 1. The molecule has 1 aliphatic rings. The zero-order chi connectivity index (χ0) is 11.4. The largest absolute Gasteiger partial charge is 0.311 e. The minimum absolute atomic E-state index is 0. The molecule has 0 bridgehead atoms. The molecule has 0 atom stereocenters. The van der Waals surface area contributed by atoms with E-state index in [2.05, 4.69) is 45.2 Å². The van der Waals surface area contributed by atoms with Gasteiger partial charge in [0, 0.05) is 30.6 Å². The number of nitrogens with one attached hydrogen (secondary N) is 1. The van der Waals surface area contributed by atoms with Crippen LogP contribution in [-0.4, -0.2) is 30.6 Å². The van der Waals surface area contributed by atoms with E-state index < -0.39 is 0 Å². The normalized spacial score (nSPS) is 15.0. The van der Waals surface area contributed by atoms with E-state index in [0.717, 1.165) is 19.1 Å². The van der Waals surface area contributed by atoms with Gasteiger partial charge < -0.3 is 5.32 Å². The molecule has 2 rings (SSSR count). The van der Waals surface area contributed by atoms with E-state index in [-0.39, 0.29) is 12.4 Å². The summed E-state index contributed by atoms with van der Waals surface area (Å²) in [6.07, 6.45) is 2.82. The van der Waals surface area contributed by atoms with Gasteiger partial charge in [-0.25, -0.2) is 0 Å². The van der Waals surface area contributed by atoms with Crippen LogP contribution < -0.4 is 5.32 Å². The van der Waals surface area contributed by atoms with Crippen molar-refractivity contribution in [1.82, 2.24) is 10.2 Å². The minimum atomic E-state index is 0. The van der Waals surface area contributed by atoms with Gasteiger partial charge in [-0.2, -0.15) is 0 Å². The molecule has 0 aromatic carbocycles. The third-order valence-corrected chi connectivity index (χ3v) is 4.60. The molecule has 2 nitrogen and oxygen atoms in total. The zero-order valence-corrected chi connectivity index (χ0v) is 13.3.